The van der Waals surface area contributed by atoms with E-state index >= 15 is 0 Å². The highest BCUT2D eigenvalue weighted by Gasteiger charge is 2.29. The molecule has 0 atom stereocenters. The second-order valence-electron chi connectivity index (χ2n) is 21.1. The maximum atomic E-state index is 5.47. The standard InChI is InChI=1S/C81H56N4/c1-2-57(45-27-30-56-28-11-3-12-29-56)79-82-80(66-48-46-59(47-49-66)58-31-13-4-14-32-58)84-81(83-79)67-54-72(64-41-23-9-24-42-64)76(73(55-67)65-43-25-10-26-44-65)85-77-70(62-37-19-7-20-38-62)52-50-68(60-33-15-5-16-34-60)74(77)75-69(61-35-17-6-18-36-61)51-53-71(78(75)85)63-39-21-8-22-40-63/h2-55H,1H2/b30-27+,57-45+. The lowest BCUT2D eigenvalue weighted by Crippen LogP contribution is -2.06. The van der Waals surface area contributed by atoms with Crippen molar-refractivity contribution in [3.05, 3.63) is 340 Å². The molecule has 0 saturated carbocycles. The third-order valence-electron chi connectivity index (χ3n) is 15.9. The van der Waals surface area contributed by atoms with Gasteiger partial charge in [0.05, 0.1) is 16.7 Å². The number of hydrogen-bond acceptors (Lipinski definition) is 3. The minimum atomic E-state index is 0.510. The van der Waals surface area contributed by atoms with E-state index in [-0.39, 0.29) is 0 Å². The fourth-order valence-corrected chi connectivity index (χ4v) is 11.9. The number of hydrogen-bond donors (Lipinski definition) is 0. The Balaban J connectivity index is 1.13. The van der Waals surface area contributed by atoms with E-state index in [9.17, 15) is 0 Å². The van der Waals surface area contributed by atoms with Crippen LogP contribution < -0.4 is 0 Å². The maximum Gasteiger partial charge on any atom is 0.164 e. The second-order valence-corrected chi connectivity index (χ2v) is 21.1. The highest BCUT2D eigenvalue weighted by Crippen LogP contribution is 2.52. The normalized spacial score (nSPS) is 11.6. The van der Waals surface area contributed by atoms with Gasteiger partial charge in [0.2, 0.25) is 0 Å². The molecule has 0 saturated heterocycles. The lowest BCUT2D eigenvalue weighted by atomic mass is 9.90. The zero-order valence-corrected chi connectivity index (χ0v) is 46.7. The highest BCUT2D eigenvalue weighted by atomic mass is 15.0. The molecule has 400 valence electrons. The lowest BCUT2D eigenvalue weighted by Gasteiger charge is -2.23. The number of allylic oxidation sites excluding steroid dienone is 4. The molecule has 2 heterocycles. The van der Waals surface area contributed by atoms with Crippen LogP contribution in [0.4, 0.5) is 0 Å². The molecule has 14 aromatic rings. The average molecular weight is 1090 g/mol. The molecule has 2 aromatic heterocycles. The average Bonchev–Trinajstić information content (AvgIpc) is 3.30. The van der Waals surface area contributed by atoms with Crippen molar-refractivity contribution in [3.8, 4) is 106 Å². The summed E-state index contributed by atoms with van der Waals surface area (Å²) < 4.78 is 2.61. The Hall–Kier alpha value is -11.3. The molecule has 0 fully saturated rings. The first-order chi connectivity index (χ1) is 42.1. The van der Waals surface area contributed by atoms with Gasteiger partial charge in [0.25, 0.3) is 0 Å². The molecule has 0 spiro atoms. The number of benzene rings is 12. The Kier molecular flexibility index (Phi) is 14.2. The van der Waals surface area contributed by atoms with Crippen LogP contribution in [0.15, 0.2) is 328 Å². The van der Waals surface area contributed by atoms with Crippen LogP contribution in [0.3, 0.4) is 0 Å². The molecule has 0 aliphatic carbocycles. The van der Waals surface area contributed by atoms with Crippen molar-refractivity contribution in [2.75, 3.05) is 0 Å². The van der Waals surface area contributed by atoms with Gasteiger partial charge < -0.3 is 4.57 Å². The predicted octanol–water partition coefficient (Wildman–Crippen LogP) is 21.3. The summed E-state index contributed by atoms with van der Waals surface area (Å²) in [7, 11) is 0. The van der Waals surface area contributed by atoms with Gasteiger partial charge in [-0.25, -0.2) is 15.0 Å². The smallest absolute Gasteiger partial charge is 0.164 e. The SMILES string of the molecule is C=C/C(=C\C=C\c1ccccc1)c1nc(-c2ccc(-c3ccccc3)cc2)nc(-c2cc(-c3ccccc3)c(-n3c4c(-c5ccccc5)ccc(-c5ccccc5)c4c4c(-c5ccccc5)ccc(-c5ccccc5)c43)c(-c3ccccc3)c2)n1. The van der Waals surface area contributed by atoms with E-state index in [1.54, 1.807) is 0 Å². The summed E-state index contributed by atoms with van der Waals surface area (Å²) in [4.78, 5) is 16.2. The third kappa shape index (κ3) is 10.2. The molecule has 0 bridgehead atoms. The summed E-state index contributed by atoms with van der Waals surface area (Å²) in [5.41, 5.74) is 22.1. The number of aromatic nitrogens is 4. The minimum absolute atomic E-state index is 0.510. The van der Waals surface area contributed by atoms with Gasteiger partial charge in [-0.2, -0.15) is 0 Å². The van der Waals surface area contributed by atoms with Crippen molar-refractivity contribution < 1.29 is 0 Å². The summed E-state index contributed by atoms with van der Waals surface area (Å²) in [6, 6.07) is 108. The van der Waals surface area contributed by atoms with Gasteiger partial charge in [-0.1, -0.05) is 322 Å². The molecular formula is C81H56N4. The third-order valence-corrected chi connectivity index (χ3v) is 15.9. The summed E-state index contributed by atoms with van der Waals surface area (Å²) in [6.07, 6.45) is 7.97. The van der Waals surface area contributed by atoms with Crippen molar-refractivity contribution in [2.24, 2.45) is 0 Å². The lowest BCUT2D eigenvalue weighted by molar-refractivity contribution is 1.04. The second kappa shape index (κ2) is 23.3. The van der Waals surface area contributed by atoms with E-state index in [1.807, 2.05) is 42.5 Å². The van der Waals surface area contributed by atoms with Crippen LogP contribution >= 0.6 is 0 Å². The summed E-state index contributed by atoms with van der Waals surface area (Å²) in [5, 5.41) is 2.33. The number of fused-ring (bicyclic) bond motifs is 3. The van der Waals surface area contributed by atoms with Crippen molar-refractivity contribution in [1.29, 1.82) is 0 Å². The van der Waals surface area contributed by atoms with Gasteiger partial charge in [0, 0.05) is 49.7 Å². The fraction of sp³-hybridized carbons (Fsp3) is 0. The van der Waals surface area contributed by atoms with Crippen LogP contribution in [0.5, 0.6) is 0 Å². The topological polar surface area (TPSA) is 43.6 Å². The van der Waals surface area contributed by atoms with Crippen LogP contribution in [0.25, 0.3) is 140 Å². The van der Waals surface area contributed by atoms with Crippen molar-refractivity contribution >= 4 is 33.5 Å². The molecule has 0 radical (unpaired) electrons. The Morgan fingerprint density at radius 2 is 0.635 bits per heavy atom. The van der Waals surface area contributed by atoms with E-state index in [4.69, 9.17) is 15.0 Å². The number of rotatable bonds is 14. The van der Waals surface area contributed by atoms with E-state index < -0.39 is 0 Å². The molecule has 0 N–H and O–H groups in total. The van der Waals surface area contributed by atoms with Gasteiger partial charge in [-0.15, -0.1) is 0 Å². The Morgan fingerprint density at radius 1 is 0.306 bits per heavy atom. The summed E-state index contributed by atoms with van der Waals surface area (Å²) in [5.74, 6) is 1.59. The van der Waals surface area contributed by atoms with Crippen LogP contribution in [-0.2, 0) is 0 Å². The molecule has 14 rings (SSSR count). The first-order valence-electron chi connectivity index (χ1n) is 28.8. The molecular weight excluding hydrogens is 1030 g/mol. The Labute approximate surface area is 496 Å². The molecule has 0 aliphatic heterocycles. The van der Waals surface area contributed by atoms with E-state index in [0.717, 1.165) is 128 Å². The molecule has 4 nitrogen and oxygen atoms in total. The quantitative estimate of drug-likeness (QED) is 0.102. The molecule has 0 amide bonds. The Bertz CT molecular complexity index is 4550. The van der Waals surface area contributed by atoms with E-state index in [1.165, 1.54) is 0 Å². The number of nitrogens with zero attached hydrogens (tertiary/aromatic N) is 4. The fourth-order valence-electron chi connectivity index (χ4n) is 11.9. The largest absolute Gasteiger partial charge is 0.307 e. The molecule has 85 heavy (non-hydrogen) atoms. The Morgan fingerprint density at radius 3 is 1.05 bits per heavy atom. The molecule has 12 aromatic carbocycles. The molecule has 4 heteroatoms. The van der Waals surface area contributed by atoms with Crippen molar-refractivity contribution in [2.45, 2.75) is 0 Å². The van der Waals surface area contributed by atoms with Crippen molar-refractivity contribution in [3.63, 3.8) is 0 Å². The van der Waals surface area contributed by atoms with Crippen LogP contribution in [0.2, 0.25) is 0 Å². The van der Waals surface area contributed by atoms with Gasteiger partial charge >= 0.3 is 0 Å². The summed E-state index contributed by atoms with van der Waals surface area (Å²) in [6.45, 7) is 4.31. The monoisotopic (exact) mass is 1080 g/mol. The molecule has 0 unspecified atom stereocenters. The minimum Gasteiger partial charge on any atom is -0.307 e. The predicted molar refractivity (Wildman–Crippen MR) is 357 cm³/mol. The van der Waals surface area contributed by atoms with Crippen molar-refractivity contribution in [1.82, 2.24) is 19.5 Å². The molecule has 0 aliphatic rings. The first-order valence-corrected chi connectivity index (χ1v) is 28.8. The van der Waals surface area contributed by atoms with E-state index in [0.29, 0.717) is 17.5 Å². The highest BCUT2D eigenvalue weighted by molar-refractivity contribution is 6.26. The zero-order chi connectivity index (χ0) is 56.9. The van der Waals surface area contributed by atoms with Crippen LogP contribution in [-0.4, -0.2) is 19.5 Å². The van der Waals surface area contributed by atoms with Gasteiger partial charge in [0.15, 0.2) is 17.5 Å². The van der Waals surface area contributed by atoms with Gasteiger partial charge in [-0.05, 0) is 73.3 Å². The zero-order valence-electron chi connectivity index (χ0n) is 46.7. The maximum absolute atomic E-state index is 5.47. The van der Waals surface area contributed by atoms with Gasteiger partial charge in [0.1, 0.15) is 0 Å². The van der Waals surface area contributed by atoms with Crippen LogP contribution in [0, 0.1) is 0 Å². The summed E-state index contributed by atoms with van der Waals surface area (Å²) >= 11 is 0. The van der Waals surface area contributed by atoms with Crippen LogP contribution in [0.1, 0.15) is 11.4 Å². The van der Waals surface area contributed by atoms with Gasteiger partial charge in [-0.3, -0.25) is 0 Å². The first kappa shape index (κ1) is 51.8. The van der Waals surface area contributed by atoms with E-state index in [2.05, 4.69) is 296 Å².